The molecule has 9 nitrogen and oxygen atoms in total. The van der Waals surface area contributed by atoms with E-state index in [0.29, 0.717) is 22.0 Å². The Morgan fingerprint density at radius 1 is 1.13 bits per heavy atom. The lowest BCUT2D eigenvalue weighted by Crippen LogP contribution is -2.39. The van der Waals surface area contributed by atoms with Gasteiger partial charge in [0.2, 0.25) is 11.7 Å². The third kappa shape index (κ3) is 3.25. The van der Waals surface area contributed by atoms with Crippen molar-refractivity contribution < 1.29 is 18.5 Å². The zero-order valence-corrected chi connectivity index (χ0v) is 16.8. The van der Waals surface area contributed by atoms with Gasteiger partial charge in [0.15, 0.2) is 12.1 Å². The summed E-state index contributed by atoms with van der Waals surface area (Å²) in [6.45, 7) is 1.58. The maximum atomic E-state index is 14.0. The van der Waals surface area contributed by atoms with Crippen molar-refractivity contribution in [2.24, 2.45) is 10.3 Å². The summed E-state index contributed by atoms with van der Waals surface area (Å²) in [7, 11) is 0. The summed E-state index contributed by atoms with van der Waals surface area (Å²) in [5, 5.41) is 13.7. The van der Waals surface area contributed by atoms with E-state index in [0.717, 1.165) is 11.0 Å². The van der Waals surface area contributed by atoms with E-state index >= 15 is 0 Å². The van der Waals surface area contributed by atoms with Gasteiger partial charge in [-0.25, -0.2) is 9.29 Å². The number of aryl methyl sites for hydroxylation is 1. The molecule has 1 saturated heterocycles. The van der Waals surface area contributed by atoms with Crippen molar-refractivity contribution >= 4 is 29.1 Å². The largest absolute Gasteiger partial charge is 0.337 e. The summed E-state index contributed by atoms with van der Waals surface area (Å²) < 4.78 is 19.2. The number of hydrogen-bond donors (Lipinski definition) is 0. The molecule has 2 aliphatic heterocycles. The lowest BCUT2D eigenvalue weighted by atomic mass is 10.1. The zero-order valence-electron chi connectivity index (χ0n) is 16.1. The molecule has 1 aromatic heterocycles. The van der Waals surface area contributed by atoms with Gasteiger partial charge in [0, 0.05) is 10.6 Å². The SMILES string of the molecule is Cc1ccc(N2C(=O)C3N=NN(Cc4nc(-c5ccc(Cl)cc5)no4)C3C2=O)cc1F. The summed E-state index contributed by atoms with van der Waals surface area (Å²) in [4.78, 5) is 31.0. The number of anilines is 1. The lowest BCUT2D eigenvalue weighted by Gasteiger charge is -2.19. The summed E-state index contributed by atoms with van der Waals surface area (Å²) in [5.41, 5.74) is 1.28. The van der Waals surface area contributed by atoms with E-state index in [4.69, 9.17) is 16.1 Å². The smallest absolute Gasteiger partial charge is 0.263 e. The average Bonchev–Trinajstić information content (AvgIpc) is 3.44. The van der Waals surface area contributed by atoms with Crippen LogP contribution in [0.1, 0.15) is 11.5 Å². The Labute approximate surface area is 180 Å². The van der Waals surface area contributed by atoms with Crippen LogP contribution in [0.5, 0.6) is 0 Å². The quantitative estimate of drug-likeness (QED) is 0.576. The highest BCUT2D eigenvalue weighted by atomic mass is 35.5. The number of carbonyl (C=O) groups is 2. The van der Waals surface area contributed by atoms with Crippen LogP contribution in [0.4, 0.5) is 10.1 Å². The van der Waals surface area contributed by atoms with Crippen LogP contribution in [0.3, 0.4) is 0 Å². The van der Waals surface area contributed by atoms with Gasteiger partial charge in [0.05, 0.1) is 5.69 Å². The first-order valence-corrected chi connectivity index (χ1v) is 9.70. The monoisotopic (exact) mass is 440 g/mol. The standard InChI is InChI=1S/C20H14ClFN6O3/c1-10-2-7-13(8-14(10)22)28-19(29)16-17(20(28)30)27(26-24-16)9-15-23-18(25-31-15)11-3-5-12(21)6-4-11/h2-8,16-17H,9H2,1H3. The molecule has 2 unspecified atom stereocenters. The number of carbonyl (C=O) groups excluding carboxylic acids is 2. The van der Waals surface area contributed by atoms with Crippen molar-refractivity contribution in [2.45, 2.75) is 25.6 Å². The maximum Gasteiger partial charge on any atom is 0.263 e. The molecule has 3 heterocycles. The van der Waals surface area contributed by atoms with Crippen LogP contribution in [0.25, 0.3) is 11.4 Å². The van der Waals surface area contributed by atoms with Crippen LogP contribution in [0.15, 0.2) is 57.3 Å². The van der Waals surface area contributed by atoms with Gasteiger partial charge >= 0.3 is 0 Å². The molecule has 2 aromatic carbocycles. The number of aromatic nitrogens is 2. The van der Waals surface area contributed by atoms with Gasteiger partial charge in [-0.15, -0.1) is 0 Å². The Kier molecular flexibility index (Phi) is 4.51. The molecule has 3 aromatic rings. The fraction of sp³-hybridized carbons (Fsp3) is 0.200. The number of amides is 2. The Morgan fingerprint density at radius 3 is 2.65 bits per heavy atom. The van der Waals surface area contributed by atoms with Crippen molar-refractivity contribution in [1.29, 1.82) is 0 Å². The van der Waals surface area contributed by atoms with E-state index < -0.39 is 29.7 Å². The molecular weight excluding hydrogens is 427 g/mol. The Morgan fingerprint density at radius 2 is 1.90 bits per heavy atom. The second kappa shape index (κ2) is 7.24. The van der Waals surface area contributed by atoms with Crippen LogP contribution < -0.4 is 4.90 Å². The predicted molar refractivity (Wildman–Crippen MR) is 106 cm³/mol. The van der Waals surface area contributed by atoms with Crippen LogP contribution >= 0.6 is 11.6 Å². The van der Waals surface area contributed by atoms with Gasteiger partial charge < -0.3 is 4.52 Å². The van der Waals surface area contributed by atoms with Crippen LogP contribution in [0, 0.1) is 12.7 Å². The minimum atomic E-state index is -1.00. The number of hydrogen-bond acceptors (Lipinski definition) is 8. The summed E-state index contributed by atoms with van der Waals surface area (Å²) in [6, 6.07) is 9.14. The molecule has 2 amide bonds. The second-order valence-electron chi connectivity index (χ2n) is 7.16. The van der Waals surface area contributed by atoms with Crippen molar-refractivity contribution in [1.82, 2.24) is 15.1 Å². The number of imide groups is 1. The van der Waals surface area contributed by atoms with E-state index in [1.54, 1.807) is 31.2 Å². The summed E-state index contributed by atoms with van der Waals surface area (Å²) in [6.07, 6.45) is 0. The maximum absolute atomic E-state index is 14.0. The first-order chi connectivity index (χ1) is 14.9. The minimum absolute atomic E-state index is 0.0135. The Bertz CT molecular complexity index is 1230. The summed E-state index contributed by atoms with van der Waals surface area (Å²) in [5.74, 6) is -1.05. The van der Waals surface area contributed by atoms with E-state index in [9.17, 15) is 14.0 Å². The third-order valence-corrected chi connectivity index (χ3v) is 5.39. The fourth-order valence-corrected chi connectivity index (χ4v) is 3.63. The molecule has 11 heteroatoms. The zero-order chi connectivity index (χ0) is 21.7. The normalized spacial score (nSPS) is 20.1. The molecule has 0 saturated carbocycles. The molecule has 0 spiro atoms. The van der Waals surface area contributed by atoms with Crippen LogP contribution in [-0.2, 0) is 16.1 Å². The van der Waals surface area contributed by atoms with Gasteiger partial charge in [-0.3, -0.25) is 14.6 Å². The van der Waals surface area contributed by atoms with Crippen LogP contribution in [0.2, 0.25) is 5.02 Å². The van der Waals surface area contributed by atoms with Crippen molar-refractivity contribution in [3.8, 4) is 11.4 Å². The fourth-order valence-electron chi connectivity index (χ4n) is 3.50. The van der Waals surface area contributed by atoms with E-state index in [1.165, 1.54) is 17.1 Å². The highest BCUT2D eigenvalue weighted by Crippen LogP contribution is 2.33. The number of nitrogens with zero attached hydrogens (tertiary/aromatic N) is 6. The number of rotatable bonds is 4. The minimum Gasteiger partial charge on any atom is -0.337 e. The van der Waals surface area contributed by atoms with Gasteiger partial charge in [-0.2, -0.15) is 10.1 Å². The molecule has 31 heavy (non-hydrogen) atoms. The third-order valence-electron chi connectivity index (χ3n) is 5.14. The van der Waals surface area contributed by atoms with E-state index in [2.05, 4.69) is 20.5 Å². The number of halogens is 2. The molecule has 156 valence electrons. The molecule has 0 N–H and O–H groups in total. The molecule has 2 atom stereocenters. The molecule has 1 fully saturated rings. The van der Waals surface area contributed by atoms with E-state index in [1.807, 2.05) is 0 Å². The predicted octanol–water partition coefficient (Wildman–Crippen LogP) is 3.33. The van der Waals surface area contributed by atoms with Gasteiger partial charge in [0.25, 0.3) is 11.8 Å². The molecule has 2 aliphatic rings. The first-order valence-electron chi connectivity index (χ1n) is 9.32. The van der Waals surface area contributed by atoms with Gasteiger partial charge in [-0.05, 0) is 48.9 Å². The highest BCUT2D eigenvalue weighted by Gasteiger charge is 2.55. The summed E-state index contributed by atoms with van der Waals surface area (Å²) >= 11 is 5.89. The number of benzene rings is 2. The molecule has 0 aliphatic carbocycles. The molecule has 5 rings (SSSR count). The Hall–Kier alpha value is -3.66. The molecule has 0 radical (unpaired) electrons. The lowest BCUT2D eigenvalue weighted by molar-refractivity contribution is -0.123. The highest BCUT2D eigenvalue weighted by molar-refractivity contribution is 6.30. The molecule has 0 bridgehead atoms. The van der Waals surface area contributed by atoms with Crippen molar-refractivity contribution in [3.63, 3.8) is 0 Å². The second-order valence-corrected chi connectivity index (χ2v) is 7.59. The topological polar surface area (TPSA) is 104 Å². The van der Waals surface area contributed by atoms with Gasteiger partial charge in [0.1, 0.15) is 12.4 Å². The first kappa shape index (κ1) is 19.3. The Balaban J connectivity index is 1.36. The van der Waals surface area contributed by atoms with Crippen molar-refractivity contribution in [3.05, 3.63) is 64.8 Å². The van der Waals surface area contributed by atoms with Gasteiger partial charge in [-0.1, -0.05) is 28.0 Å². The number of fused-ring (bicyclic) bond motifs is 1. The van der Waals surface area contributed by atoms with E-state index in [-0.39, 0.29) is 18.1 Å². The van der Waals surface area contributed by atoms with Crippen molar-refractivity contribution in [2.75, 3.05) is 4.90 Å². The van der Waals surface area contributed by atoms with Crippen LogP contribution in [-0.4, -0.2) is 39.0 Å². The molecular formula is C20H14ClFN6O3. The average molecular weight is 441 g/mol.